The van der Waals surface area contributed by atoms with Gasteiger partial charge in [-0.2, -0.15) is 0 Å². The Morgan fingerprint density at radius 3 is 2.34 bits per heavy atom. The molecule has 2 heterocycles. The molecule has 4 aromatic rings. The van der Waals surface area contributed by atoms with E-state index in [1.165, 1.54) is 0 Å². The molecular formula is C24H20N2O3. The van der Waals surface area contributed by atoms with Gasteiger partial charge in [0.05, 0.1) is 7.11 Å². The van der Waals surface area contributed by atoms with E-state index in [-0.39, 0.29) is 0 Å². The molecule has 1 N–H and O–H groups in total. The van der Waals surface area contributed by atoms with E-state index in [1.807, 2.05) is 55.5 Å². The summed E-state index contributed by atoms with van der Waals surface area (Å²) < 4.78 is 6.87. The van der Waals surface area contributed by atoms with E-state index in [0.29, 0.717) is 17.1 Å². The topological polar surface area (TPSA) is 59.8 Å². The number of carbonyl (C=O) groups excluding carboxylic acids is 2. The third-order valence-corrected chi connectivity index (χ3v) is 4.81. The van der Waals surface area contributed by atoms with Gasteiger partial charge in [-0.05, 0) is 55.0 Å². The van der Waals surface area contributed by atoms with Crippen LogP contribution in [0.25, 0.3) is 16.6 Å². The molecule has 0 atom stereocenters. The van der Waals surface area contributed by atoms with Crippen LogP contribution in [-0.4, -0.2) is 23.2 Å². The van der Waals surface area contributed by atoms with Crippen molar-refractivity contribution in [2.75, 3.05) is 12.4 Å². The number of amides is 1. The largest absolute Gasteiger partial charge is 0.497 e. The molecule has 4 rings (SSSR count). The number of aryl methyl sites for hydroxylation is 1. The number of anilines is 1. The summed E-state index contributed by atoms with van der Waals surface area (Å²) in [7, 11) is 1.57. The molecule has 0 bridgehead atoms. The monoisotopic (exact) mass is 384 g/mol. The van der Waals surface area contributed by atoms with Gasteiger partial charge in [0.2, 0.25) is 0 Å². The molecule has 29 heavy (non-hydrogen) atoms. The van der Waals surface area contributed by atoms with Gasteiger partial charge in [0.15, 0.2) is 0 Å². The fourth-order valence-electron chi connectivity index (χ4n) is 3.28. The number of carbonyl (C=O) groups is 2. The minimum Gasteiger partial charge on any atom is -0.497 e. The number of pyridine rings is 1. The Hall–Kier alpha value is -3.86. The van der Waals surface area contributed by atoms with E-state index in [2.05, 4.69) is 5.32 Å². The predicted molar refractivity (Wildman–Crippen MR) is 114 cm³/mol. The molecule has 0 aliphatic heterocycles. The lowest BCUT2D eigenvalue weighted by atomic mass is 10.0. The zero-order chi connectivity index (χ0) is 20.4. The van der Waals surface area contributed by atoms with Gasteiger partial charge in [-0.3, -0.25) is 9.59 Å². The van der Waals surface area contributed by atoms with Gasteiger partial charge in [-0.15, -0.1) is 0 Å². The molecule has 0 aliphatic carbocycles. The number of hydrogen-bond donors (Lipinski definition) is 1. The normalized spacial score (nSPS) is 10.7. The van der Waals surface area contributed by atoms with Gasteiger partial charge >= 0.3 is 0 Å². The molecule has 0 spiro atoms. The number of ketones is 1. The van der Waals surface area contributed by atoms with Crippen LogP contribution in [0.3, 0.4) is 0 Å². The maximum Gasteiger partial charge on any atom is 0.298 e. The van der Waals surface area contributed by atoms with Gasteiger partial charge < -0.3 is 14.5 Å². The Morgan fingerprint density at radius 1 is 0.931 bits per heavy atom. The van der Waals surface area contributed by atoms with Crippen molar-refractivity contribution in [3.05, 3.63) is 90.3 Å². The van der Waals surface area contributed by atoms with E-state index in [0.717, 1.165) is 22.2 Å². The maximum absolute atomic E-state index is 13.2. The highest BCUT2D eigenvalue weighted by molar-refractivity contribution is 6.47. The summed E-state index contributed by atoms with van der Waals surface area (Å²) in [5.74, 6) is -0.608. The molecule has 0 fully saturated rings. The molecule has 5 nitrogen and oxygen atoms in total. The minimum atomic E-state index is -0.688. The van der Waals surface area contributed by atoms with Crippen LogP contribution in [0.15, 0.2) is 79.0 Å². The molecule has 0 saturated carbocycles. The van der Waals surface area contributed by atoms with Crippen LogP contribution >= 0.6 is 0 Å². The first-order valence-electron chi connectivity index (χ1n) is 9.23. The third-order valence-electron chi connectivity index (χ3n) is 4.81. The Labute approximate surface area is 168 Å². The van der Waals surface area contributed by atoms with Crippen molar-refractivity contribution in [1.29, 1.82) is 0 Å². The van der Waals surface area contributed by atoms with Crippen molar-refractivity contribution in [3.8, 4) is 16.9 Å². The Kier molecular flexibility index (Phi) is 4.87. The summed E-state index contributed by atoms with van der Waals surface area (Å²) in [4.78, 5) is 25.9. The van der Waals surface area contributed by atoms with E-state index in [9.17, 15) is 9.59 Å². The third kappa shape index (κ3) is 3.62. The second kappa shape index (κ2) is 7.64. The summed E-state index contributed by atoms with van der Waals surface area (Å²) >= 11 is 0. The van der Waals surface area contributed by atoms with Gasteiger partial charge in [0, 0.05) is 23.0 Å². The highest BCUT2D eigenvalue weighted by atomic mass is 16.5. The van der Waals surface area contributed by atoms with Crippen LogP contribution in [-0.2, 0) is 4.79 Å². The summed E-state index contributed by atoms with van der Waals surface area (Å²) in [5, 5.41) is 2.68. The fraction of sp³-hybridized carbons (Fsp3) is 0.0833. The average Bonchev–Trinajstić information content (AvgIpc) is 3.13. The van der Waals surface area contributed by atoms with Gasteiger partial charge in [-0.25, -0.2) is 0 Å². The number of Topliss-reactive ketones (excluding diaryl/α,β-unsaturated/α-hetero) is 1. The lowest BCUT2D eigenvalue weighted by Gasteiger charge is -2.08. The highest BCUT2D eigenvalue weighted by Crippen LogP contribution is 2.29. The van der Waals surface area contributed by atoms with Crippen LogP contribution in [0.2, 0.25) is 0 Å². The van der Waals surface area contributed by atoms with Crippen LogP contribution in [0.5, 0.6) is 5.75 Å². The lowest BCUT2D eigenvalue weighted by molar-refractivity contribution is -0.112. The lowest BCUT2D eigenvalue weighted by Crippen LogP contribution is -2.24. The van der Waals surface area contributed by atoms with Gasteiger partial charge in [-0.1, -0.05) is 35.9 Å². The summed E-state index contributed by atoms with van der Waals surface area (Å²) in [6.07, 6.45) is 1.79. The van der Waals surface area contributed by atoms with E-state index < -0.39 is 11.7 Å². The van der Waals surface area contributed by atoms with E-state index >= 15 is 0 Å². The summed E-state index contributed by atoms with van der Waals surface area (Å²) in [6.45, 7) is 2.01. The number of aromatic nitrogens is 1. The molecule has 0 unspecified atom stereocenters. The summed E-state index contributed by atoms with van der Waals surface area (Å²) in [6, 6.07) is 22.3. The molecule has 0 radical (unpaired) electrons. The number of methoxy groups -OCH3 is 1. The number of benzene rings is 2. The predicted octanol–water partition coefficient (Wildman–Crippen LogP) is 4.74. The standard InChI is InChI=1S/C24H20N2O3/c1-16-6-8-17(9-7-16)21-15-19-5-3-4-14-26(19)22(21)23(27)24(28)25-18-10-12-20(29-2)13-11-18/h3-15H,1-2H3,(H,25,28). The van der Waals surface area contributed by atoms with Gasteiger partial charge in [0.25, 0.3) is 11.7 Å². The van der Waals surface area contributed by atoms with Gasteiger partial charge in [0.1, 0.15) is 11.4 Å². The average molecular weight is 384 g/mol. The van der Waals surface area contributed by atoms with Crippen LogP contribution < -0.4 is 10.1 Å². The van der Waals surface area contributed by atoms with Crippen molar-refractivity contribution in [2.45, 2.75) is 6.92 Å². The zero-order valence-electron chi connectivity index (χ0n) is 16.2. The molecule has 0 aliphatic rings. The SMILES string of the molecule is COc1ccc(NC(=O)C(=O)c2c(-c3ccc(C)cc3)cc3ccccn23)cc1. The number of ether oxygens (including phenoxy) is 1. The Bertz CT molecular complexity index is 1190. The van der Waals surface area contributed by atoms with Crippen molar-refractivity contribution < 1.29 is 14.3 Å². The number of fused-ring (bicyclic) bond motifs is 1. The molecular weight excluding hydrogens is 364 g/mol. The van der Waals surface area contributed by atoms with Crippen molar-refractivity contribution in [2.24, 2.45) is 0 Å². The summed E-state index contributed by atoms with van der Waals surface area (Å²) in [5.41, 5.74) is 4.47. The first kappa shape index (κ1) is 18.5. The van der Waals surface area contributed by atoms with Crippen molar-refractivity contribution >= 4 is 22.9 Å². The maximum atomic E-state index is 13.2. The molecule has 2 aromatic heterocycles. The molecule has 1 amide bonds. The Morgan fingerprint density at radius 2 is 1.66 bits per heavy atom. The van der Waals surface area contributed by atoms with E-state index in [1.54, 1.807) is 42.0 Å². The zero-order valence-corrected chi connectivity index (χ0v) is 16.2. The van der Waals surface area contributed by atoms with Crippen molar-refractivity contribution in [3.63, 3.8) is 0 Å². The van der Waals surface area contributed by atoms with Crippen LogP contribution in [0.4, 0.5) is 5.69 Å². The number of hydrogen-bond acceptors (Lipinski definition) is 3. The molecule has 144 valence electrons. The fourth-order valence-corrected chi connectivity index (χ4v) is 3.28. The van der Waals surface area contributed by atoms with Crippen LogP contribution in [0, 0.1) is 6.92 Å². The number of rotatable bonds is 5. The van der Waals surface area contributed by atoms with Crippen molar-refractivity contribution in [1.82, 2.24) is 4.40 Å². The quantitative estimate of drug-likeness (QED) is 0.399. The molecule has 2 aromatic carbocycles. The first-order chi connectivity index (χ1) is 14.1. The minimum absolute atomic E-state index is 0.343. The number of nitrogens with zero attached hydrogens (tertiary/aromatic N) is 1. The van der Waals surface area contributed by atoms with E-state index in [4.69, 9.17) is 4.74 Å². The Balaban J connectivity index is 1.73. The smallest absolute Gasteiger partial charge is 0.298 e. The van der Waals surface area contributed by atoms with Crippen LogP contribution in [0.1, 0.15) is 16.1 Å². The molecule has 5 heteroatoms. The second-order valence-corrected chi connectivity index (χ2v) is 6.78. The highest BCUT2D eigenvalue weighted by Gasteiger charge is 2.24. The second-order valence-electron chi connectivity index (χ2n) is 6.78. The number of nitrogens with one attached hydrogen (secondary N) is 1. The molecule has 0 saturated heterocycles. The first-order valence-corrected chi connectivity index (χ1v) is 9.23.